The number of nitrogens with one attached hydrogen (secondary N) is 2. The monoisotopic (exact) mass is 345 g/mol. The minimum atomic E-state index is -0.518. The Balaban J connectivity index is 1.54. The molecule has 0 radical (unpaired) electrons. The Morgan fingerprint density at radius 2 is 1.92 bits per heavy atom. The summed E-state index contributed by atoms with van der Waals surface area (Å²) in [5, 5.41) is 17.2. The predicted molar refractivity (Wildman–Crippen MR) is 95.4 cm³/mol. The highest BCUT2D eigenvalue weighted by Crippen LogP contribution is 2.48. The van der Waals surface area contributed by atoms with Crippen LogP contribution in [0.2, 0.25) is 0 Å². The number of hydrogen-bond donors (Lipinski definition) is 4. The van der Waals surface area contributed by atoms with Crippen LogP contribution in [0.25, 0.3) is 0 Å². The maximum Gasteiger partial charge on any atom is 0.254 e. The molecule has 5 rings (SSSR count). The Labute approximate surface area is 147 Å². The zero-order valence-corrected chi connectivity index (χ0v) is 14.7. The lowest BCUT2D eigenvalue weighted by Crippen LogP contribution is -2.54. The molecule has 0 saturated heterocycles. The third-order valence-corrected chi connectivity index (χ3v) is 6.33. The van der Waals surface area contributed by atoms with Gasteiger partial charge in [0.05, 0.1) is 11.2 Å². The molecule has 4 aliphatic carbocycles. The van der Waals surface area contributed by atoms with Gasteiger partial charge in [0.1, 0.15) is 5.82 Å². The number of amides is 1. The molecule has 7 nitrogen and oxygen atoms in total. The number of fused-ring (bicyclic) bond motifs is 3. The van der Waals surface area contributed by atoms with Crippen LogP contribution in [-0.2, 0) is 0 Å². The first kappa shape index (κ1) is 16.6. The maximum absolute atomic E-state index is 11.7. The summed E-state index contributed by atoms with van der Waals surface area (Å²) in [7, 11) is 0. The first-order valence-electron chi connectivity index (χ1n) is 9.32. The standard InChI is InChI=1S/C18H27N5O2/c1-11(12-2-3-12)21-15-13(14(19)24)10-20-16(22-15)23-17-4-7-18(25,8-5-17)9-6-17/h10-12,25H,2-9H2,1H3,(H2,19,24)(H2,20,21,22,23)/t11-,17?,18?/m1/s1. The Morgan fingerprint density at radius 1 is 1.28 bits per heavy atom. The number of nitrogens with two attached hydrogens (primary N) is 1. The molecule has 2 bridgehead atoms. The van der Waals surface area contributed by atoms with Crippen LogP contribution >= 0.6 is 0 Å². The summed E-state index contributed by atoms with van der Waals surface area (Å²) in [4.78, 5) is 20.6. The van der Waals surface area contributed by atoms with Crippen molar-refractivity contribution in [3.63, 3.8) is 0 Å². The molecule has 0 spiro atoms. The van der Waals surface area contributed by atoms with Crippen LogP contribution < -0.4 is 16.4 Å². The zero-order valence-electron chi connectivity index (χ0n) is 14.7. The summed E-state index contributed by atoms with van der Waals surface area (Å²) in [5.74, 6) is 1.17. The average molecular weight is 345 g/mol. The van der Waals surface area contributed by atoms with Gasteiger partial charge in [0.15, 0.2) is 0 Å². The molecule has 1 atom stereocenters. The molecule has 0 aromatic carbocycles. The van der Waals surface area contributed by atoms with E-state index in [2.05, 4.69) is 27.5 Å². The lowest BCUT2D eigenvalue weighted by atomic mass is 9.63. The van der Waals surface area contributed by atoms with Crippen molar-refractivity contribution in [3.8, 4) is 0 Å². The van der Waals surface area contributed by atoms with Crippen LogP contribution in [0, 0.1) is 5.92 Å². The summed E-state index contributed by atoms with van der Waals surface area (Å²) in [5.41, 5.74) is 5.30. The van der Waals surface area contributed by atoms with Crippen molar-refractivity contribution in [2.75, 3.05) is 10.6 Å². The number of aliphatic hydroxyl groups is 1. The molecule has 0 unspecified atom stereocenters. The fraction of sp³-hybridized carbons (Fsp3) is 0.722. The van der Waals surface area contributed by atoms with Crippen molar-refractivity contribution in [2.24, 2.45) is 11.7 Å². The lowest BCUT2D eigenvalue weighted by Gasteiger charge is -2.51. The lowest BCUT2D eigenvalue weighted by molar-refractivity contribution is -0.0581. The number of nitrogens with zero attached hydrogens (tertiary/aromatic N) is 2. The number of aromatic nitrogens is 2. The van der Waals surface area contributed by atoms with Crippen LogP contribution in [0.1, 0.15) is 68.6 Å². The Hall–Kier alpha value is -1.89. The number of carbonyl (C=O) groups excluding carboxylic acids is 1. The Kier molecular flexibility index (Phi) is 3.86. The van der Waals surface area contributed by atoms with Gasteiger partial charge in [-0.05, 0) is 64.2 Å². The van der Waals surface area contributed by atoms with Gasteiger partial charge >= 0.3 is 0 Å². The number of carbonyl (C=O) groups is 1. The summed E-state index contributed by atoms with van der Waals surface area (Å²) in [6.07, 6.45) is 9.17. The molecule has 4 saturated carbocycles. The van der Waals surface area contributed by atoms with E-state index in [1.807, 2.05) is 0 Å². The molecule has 25 heavy (non-hydrogen) atoms. The normalized spacial score (nSPS) is 32.2. The maximum atomic E-state index is 11.7. The molecular weight excluding hydrogens is 318 g/mol. The van der Waals surface area contributed by atoms with Gasteiger partial charge in [0.2, 0.25) is 5.95 Å². The van der Waals surface area contributed by atoms with Crippen molar-refractivity contribution < 1.29 is 9.90 Å². The van der Waals surface area contributed by atoms with E-state index in [1.54, 1.807) is 0 Å². The molecule has 1 heterocycles. The molecule has 7 heteroatoms. The highest BCUT2D eigenvalue weighted by atomic mass is 16.3. The first-order valence-corrected chi connectivity index (χ1v) is 9.32. The van der Waals surface area contributed by atoms with Crippen LogP contribution in [-0.4, -0.2) is 38.2 Å². The SMILES string of the molecule is C[C@@H](Nc1nc(NC23CCC(O)(CC2)CC3)ncc1C(N)=O)C1CC1. The first-order chi connectivity index (χ1) is 11.9. The van der Waals surface area contributed by atoms with Gasteiger partial charge in [-0.3, -0.25) is 4.79 Å². The highest BCUT2D eigenvalue weighted by Gasteiger charge is 2.48. The molecule has 4 aliphatic rings. The molecule has 1 amide bonds. The average Bonchev–Trinajstić information content (AvgIpc) is 3.41. The number of hydrogen-bond acceptors (Lipinski definition) is 6. The van der Waals surface area contributed by atoms with E-state index in [1.165, 1.54) is 19.0 Å². The summed E-state index contributed by atoms with van der Waals surface area (Å²) in [6.45, 7) is 2.11. The van der Waals surface area contributed by atoms with Crippen molar-refractivity contribution in [1.82, 2.24) is 9.97 Å². The van der Waals surface area contributed by atoms with Crippen LogP contribution in [0.4, 0.5) is 11.8 Å². The fourth-order valence-corrected chi connectivity index (χ4v) is 4.25. The molecule has 5 N–H and O–H groups in total. The zero-order chi connectivity index (χ0) is 17.7. The molecule has 1 aromatic heterocycles. The van der Waals surface area contributed by atoms with Gasteiger partial charge in [0, 0.05) is 17.8 Å². The van der Waals surface area contributed by atoms with E-state index in [-0.39, 0.29) is 11.6 Å². The van der Waals surface area contributed by atoms with E-state index in [4.69, 9.17) is 5.73 Å². The third-order valence-electron chi connectivity index (χ3n) is 6.33. The minimum Gasteiger partial charge on any atom is -0.390 e. The molecular formula is C18H27N5O2. The van der Waals surface area contributed by atoms with Crippen molar-refractivity contribution in [3.05, 3.63) is 11.8 Å². The second kappa shape index (κ2) is 5.83. The number of rotatable bonds is 6. The summed E-state index contributed by atoms with van der Waals surface area (Å²) >= 11 is 0. The predicted octanol–water partition coefficient (Wildman–Crippen LogP) is 2.04. The van der Waals surface area contributed by atoms with Gasteiger partial charge < -0.3 is 21.5 Å². The molecule has 0 aliphatic heterocycles. The highest BCUT2D eigenvalue weighted by molar-refractivity contribution is 5.97. The minimum absolute atomic E-state index is 0.0436. The second-order valence-corrected chi connectivity index (χ2v) is 8.22. The van der Waals surface area contributed by atoms with Gasteiger partial charge in [-0.15, -0.1) is 0 Å². The van der Waals surface area contributed by atoms with E-state index in [0.29, 0.717) is 23.2 Å². The topological polar surface area (TPSA) is 113 Å². The van der Waals surface area contributed by atoms with Crippen LogP contribution in [0.5, 0.6) is 0 Å². The van der Waals surface area contributed by atoms with Gasteiger partial charge in [-0.1, -0.05) is 0 Å². The van der Waals surface area contributed by atoms with Gasteiger partial charge in [-0.25, -0.2) is 4.98 Å². The molecule has 136 valence electrons. The van der Waals surface area contributed by atoms with Crippen molar-refractivity contribution >= 4 is 17.7 Å². The quantitative estimate of drug-likeness (QED) is 0.627. The van der Waals surface area contributed by atoms with Gasteiger partial charge in [0.25, 0.3) is 5.91 Å². The van der Waals surface area contributed by atoms with E-state index >= 15 is 0 Å². The summed E-state index contributed by atoms with van der Waals surface area (Å²) < 4.78 is 0. The second-order valence-electron chi connectivity index (χ2n) is 8.22. The Bertz CT molecular complexity index is 664. The number of anilines is 2. The number of primary amides is 1. The van der Waals surface area contributed by atoms with Crippen molar-refractivity contribution in [1.29, 1.82) is 0 Å². The summed E-state index contributed by atoms with van der Waals surface area (Å²) in [6, 6.07) is 0.262. The Morgan fingerprint density at radius 3 is 2.48 bits per heavy atom. The van der Waals surface area contributed by atoms with E-state index < -0.39 is 11.5 Å². The van der Waals surface area contributed by atoms with Crippen LogP contribution in [0.3, 0.4) is 0 Å². The van der Waals surface area contributed by atoms with Gasteiger partial charge in [-0.2, -0.15) is 4.98 Å². The third kappa shape index (κ3) is 3.29. The largest absolute Gasteiger partial charge is 0.390 e. The van der Waals surface area contributed by atoms with Crippen molar-refractivity contribution in [2.45, 2.75) is 75.5 Å². The van der Waals surface area contributed by atoms with E-state index in [9.17, 15) is 9.90 Å². The van der Waals surface area contributed by atoms with Crippen LogP contribution in [0.15, 0.2) is 6.20 Å². The molecule has 1 aromatic rings. The molecule has 4 fully saturated rings. The van der Waals surface area contributed by atoms with E-state index in [0.717, 1.165) is 38.5 Å². The smallest absolute Gasteiger partial charge is 0.254 e. The fourth-order valence-electron chi connectivity index (χ4n) is 4.25.